The summed E-state index contributed by atoms with van der Waals surface area (Å²) in [5.74, 6) is 1.35. The van der Waals surface area contributed by atoms with Crippen LogP contribution in [-0.2, 0) is 0 Å². The second-order valence-electron chi connectivity index (χ2n) is 6.95. The average Bonchev–Trinajstić information content (AvgIpc) is 3.00. The normalized spacial score (nSPS) is 22.0. The first-order valence-corrected chi connectivity index (χ1v) is 9.21. The molecule has 2 atom stereocenters. The third kappa shape index (κ3) is 2.63. The smallest absolute Gasteiger partial charge is 0.190 e. The van der Waals surface area contributed by atoms with Crippen molar-refractivity contribution in [1.82, 2.24) is 5.01 Å². The summed E-state index contributed by atoms with van der Waals surface area (Å²) in [7, 11) is 0. The molecule has 0 bridgehead atoms. The Balaban J connectivity index is 1.75. The van der Waals surface area contributed by atoms with E-state index in [2.05, 4.69) is 78.1 Å². The van der Waals surface area contributed by atoms with Crippen LogP contribution >= 0.6 is 15.9 Å². The molecule has 4 heteroatoms. The van der Waals surface area contributed by atoms with Gasteiger partial charge in [-0.2, -0.15) is 5.10 Å². The number of benzene rings is 2. The molecular weight excluding hydrogens is 364 g/mol. The number of hydrogen-bond donors (Lipinski definition) is 0. The fourth-order valence-corrected chi connectivity index (χ4v) is 3.83. The third-order valence-electron chi connectivity index (χ3n) is 4.74. The number of rotatable bonds is 2. The van der Waals surface area contributed by atoms with Crippen molar-refractivity contribution in [3.05, 3.63) is 63.6 Å². The number of nitrogens with zero attached hydrogens (tertiary/aromatic N) is 2. The number of hydrogen-bond acceptors (Lipinski definition) is 3. The molecule has 2 heterocycles. The first-order chi connectivity index (χ1) is 11.5. The molecule has 0 fully saturated rings. The highest BCUT2D eigenvalue weighted by Gasteiger charge is 2.41. The van der Waals surface area contributed by atoms with Crippen LogP contribution in [0.4, 0.5) is 0 Å². The summed E-state index contributed by atoms with van der Waals surface area (Å²) in [6.07, 6.45) is 0.894. The van der Waals surface area contributed by atoms with Crippen LogP contribution < -0.4 is 4.74 Å². The molecule has 0 aliphatic carbocycles. The minimum Gasteiger partial charge on any atom is -0.468 e. The van der Waals surface area contributed by atoms with E-state index in [1.165, 1.54) is 16.7 Å². The predicted octanol–water partition coefficient (Wildman–Crippen LogP) is 5.28. The van der Waals surface area contributed by atoms with Crippen LogP contribution in [-0.4, -0.2) is 16.9 Å². The summed E-state index contributed by atoms with van der Waals surface area (Å²) in [6.45, 7) is 6.48. The molecular formula is C20H21BrN2O. The minimum absolute atomic E-state index is 0.0216. The monoisotopic (exact) mass is 384 g/mol. The van der Waals surface area contributed by atoms with E-state index in [0.29, 0.717) is 5.92 Å². The molecule has 3 nitrogen and oxygen atoms in total. The van der Waals surface area contributed by atoms with Crippen molar-refractivity contribution < 1.29 is 4.74 Å². The largest absolute Gasteiger partial charge is 0.468 e. The maximum Gasteiger partial charge on any atom is 0.190 e. The van der Waals surface area contributed by atoms with Gasteiger partial charge in [0.2, 0.25) is 0 Å². The highest BCUT2D eigenvalue weighted by atomic mass is 79.9. The second kappa shape index (κ2) is 5.92. The van der Waals surface area contributed by atoms with Crippen LogP contribution in [0.2, 0.25) is 0 Å². The lowest BCUT2D eigenvalue weighted by atomic mass is 9.95. The number of hydrazone groups is 1. The molecule has 124 valence electrons. The van der Waals surface area contributed by atoms with E-state index in [9.17, 15) is 0 Å². The third-order valence-corrected chi connectivity index (χ3v) is 5.23. The van der Waals surface area contributed by atoms with Crippen molar-refractivity contribution in [3.8, 4) is 5.75 Å². The molecule has 2 aliphatic heterocycles. The number of aryl methyl sites for hydroxylation is 1. The van der Waals surface area contributed by atoms with E-state index < -0.39 is 0 Å². The Morgan fingerprint density at radius 3 is 2.62 bits per heavy atom. The van der Waals surface area contributed by atoms with Gasteiger partial charge in [-0.05, 0) is 30.7 Å². The topological polar surface area (TPSA) is 24.8 Å². The molecule has 2 aromatic rings. The van der Waals surface area contributed by atoms with Crippen molar-refractivity contribution in [3.63, 3.8) is 0 Å². The Kier molecular flexibility index (Phi) is 3.87. The van der Waals surface area contributed by atoms with Gasteiger partial charge in [0.15, 0.2) is 6.23 Å². The minimum atomic E-state index is -0.0216. The van der Waals surface area contributed by atoms with E-state index in [1.54, 1.807) is 0 Å². The standard InChI is InChI=1S/C20H21BrN2O/c1-12(2)20-23-18(16-10-15(21)8-9-19(16)24-20)11-17(22-23)14-6-4-13(3)5-7-14/h4-10,12,18,20H,11H2,1-3H3. The second-order valence-corrected chi connectivity index (χ2v) is 7.86. The van der Waals surface area contributed by atoms with Crippen molar-refractivity contribution in [1.29, 1.82) is 0 Å². The van der Waals surface area contributed by atoms with E-state index >= 15 is 0 Å². The van der Waals surface area contributed by atoms with Gasteiger partial charge in [-0.25, -0.2) is 5.01 Å². The van der Waals surface area contributed by atoms with Crippen molar-refractivity contribution in [2.24, 2.45) is 11.0 Å². The summed E-state index contributed by atoms with van der Waals surface area (Å²) in [4.78, 5) is 0. The van der Waals surface area contributed by atoms with E-state index in [4.69, 9.17) is 9.84 Å². The number of ether oxygens (including phenoxy) is 1. The lowest BCUT2D eigenvalue weighted by molar-refractivity contribution is -0.0461. The molecule has 0 saturated heterocycles. The Labute approximate surface area is 151 Å². The summed E-state index contributed by atoms with van der Waals surface area (Å²) >= 11 is 3.59. The number of fused-ring (bicyclic) bond motifs is 3. The van der Waals surface area contributed by atoms with Gasteiger partial charge in [0.1, 0.15) is 5.75 Å². The van der Waals surface area contributed by atoms with Crippen molar-refractivity contribution in [2.45, 2.75) is 39.5 Å². The molecule has 4 rings (SSSR count). The molecule has 2 unspecified atom stereocenters. The molecule has 2 aliphatic rings. The summed E-state index contributed by atoms with van der Waals surface area (Å²) in [6, 6.07) is 15.1. The summed E-state index contributed by atoms with van der Waals surface area (Å²) < 4.78 is 7.34. The lowest BCUT2D eigenvalue weighted by Gasteiger charge is -2.40. The van der Waals surface area contributed by atoms with Crippen molar-refractivity contribution >= 4 is 21.6 Å². The Morgan fingerprint density at radius 2 is 1.92 bits per heavy atom. The first-order valence-electron chi connectivity index (χ1n) is 8.42. The van der Waals surface area contributed by atoms with Crippen LogP contribution in [0.25, 0.3) is 0 Å². The summed E-state index contributed by atoms with van der Waals surface area (Å²) in [5, 5.41) is 7.11. The Bertz CT molecular complexity index is 798. The molecule has 0 aromatic heterocycles. The molecule has 0 N–H and O–H groups in total. The Morgan fingerprint density at radius 1 is 1.17 bits per heavy atom. The summed E-state index contributed by atoms with van der Waals surface area (Å²) in [5.41, 5.74) is 4.83. The SMILES string of the molecule is Cc1ccc(C2=NN3C(C2)c2cc(Br)ccc2OC3C(C)C)cc1. The predicted molar refractivity (Wildman–Crippen MR) is 100 cm³/mol. The zero-order chi connectivity index (χ0) is 16.8. The Hall–Kier alpha value is -1.81. The highest BCUT2D eigenvalue weighted by Crippen LogP contribution is 2.45. The zero-order valence-electron chi connectivity index (χ0n) is 14.2. The fourth-order valence-electron chi connectivity index (χ4n) is 3.45. The lowest BCUT2D eigenvalue weighted by Crippen LogP contribution is -2.43. The zero-order valence-corrected chi connectivity index (χ0v) is 15.7. The van der Waals surface area contributed by atoms with Crippen LogP contribution in [0.3, 0.4) is 0 Å². The van der Waals surface area contributed by atoms with Crippen LogP contribution in [0.15, 0.2) is 52.0 Å². The van der Waals surface area contributed by atoms with Crippen LogP contribution in [0.5, 0.6) is 5.75 Å². The van der Waals surface area contributed by atoms with Gasteiger partial charge in [0, 0.05) is 22.4 Å². The average molecular weight is 385 g/mol. The maximum absolute atomic E-state index is 6.26. The van der Waals surface area contributed by atoms with Gasteiger partial charge in [-0.15, -0.1) is 0 Å². The van der Waals surface area contributed by atoms with Gasteiger partial charge in [0.25, 0.3) is 0 Å². The van der Waals surface area contributed by atoms with Gasteiger partial charge in [-0.1, -0.05) is 59.6 Å². The molecule has 24 heavy (non-hydrogen) atoms. The molecule has 0 amide bonds. The molecule has 0 radical (unpaired) electrons. The van der Waals surface area contributed by atoms with Gasteiger partial charge in [-0.3, -0.25) is 0 Å². The molecule has 0 spiro atoms. The number of halogens is 1. The highest BCUT2D eigenvalue weighted by molar-refractivity contribution is 9.10. The van der Waals surface area contributed by atoms with Gasteiger partial charge in [0.05, 0.1) is 11.8 Å². The molecule has 0 saturated carbocycles. The van der Waals surface area contributed by atoms with Crippen molar-refractivity contribution in [2.75, 3.05) is 0 Å². The van der Waals surface area contributed by atoms with E-state index in [1.807, 2.05) is 6.07 Å². The fraction of sp³-hybridized carbons (Fsp3) is 0.350. The molecule has 2 aromatic carbocycles. The quantitative estimate of drug-likeness (QED) is 0.702. The van der Waals surface area contributed by atoms with E-state index in [-0.39, 0.29) is 12.3 Å². The van der Waals surface area contributed by atoms with Crippen LogP contribution in [0.1, 0.15) is 43.0 Å². The van der Waals surface area contributed by atoms with E-state index in [0.717, 1.165) is 22.4 Å². The van der Waals surface area contributed by atoms with Crippen LogP contribution in [0, 0.1) is 12.8 Å². The van der Waals surface area contributed by atoms with Gasteiger partial charge < -0.3 is 4.74 Å². The van der Waals surface area contributed by atoms with Gasteiger partial charge >= 0.3 is 0 Å². The first kappa shape index (κ1) is 15.7. The maximum atomic E-state index is 6.26.